The van der Waals surface area contributed by atoms with Crippen molar-refractivity contribution in [2.45, 2.75) is 0 Å². The summed E-state index contributed by atoms with van der Waals surface area (Å²) in [7, 11) is 0. The minimum atomic E-state index is 0.903. The molecule has 0 radical (unpaired) electrons. The van der Waals surface area contributed by atoms with Gasteiger partial charge >= 0.3 is 0 Å². The van der Waals surface area contributed by atoms with Crippen molar-refractivity contribution in [3.8, 4) is 112 Å². The molecular formula is C106H64N10. The van der Waals surface area contributed by atoms with Crippen LogP contribution in [0.5, 0.6) is 0 Å². The summed E-state index contributed by atoms with van der Waals surface area (Å²) in [6, 6.07) is 129. The number of benzene rings is 13. The predicted molar refractivity (Wildman–Crippen MR) is 478 cm³/mol. The number of fused-ring (bicyclic) bond motifs is 13. The molecule has 0 bridgehead atoms. The summed E-state index contributed by atoms with van der Waals surface area (Å²) in [6.45, 7) is 0. The Morgan fingerprint density at radius 3 is 0.966 bits per heavy atom. The van der Waals surface area contributed by atoms with Crippen molar-refractivity contribution in [2.75, 3.05) is 0 Å². The zero-order valence-electron chi connectivity index (χ0n) is 62.4. The van der Waals surface area contributed by atoms with E-state index in [-0.39, 0.29) is 0 Å². The van der Waals surface area contributed by atoms with Gasteiger partial charge in [0.1, 0.15) is 0 Å². The summed E-state index contributed by atoms with van der Waals surface area (Å²) in [5.74, 6) is 0. The molecule has 23 rings (SSSR count). The van der Waals surface area contributed by atoms with Gasteiger partial charge < -0.3 is 0 Å². The first kappa shape index (κ1) is 67.1. The lowest BCUT2D eigenvalue weighted by Gasteiger charge is -2.10. The third kappa shape index (κ3) is 12.5. The fourth-order valence-electron chi connectivity index (χ4n) is 16.2. The highest BCUT2D eigenvalue weighted by molar-refractivity contribution is 6.07. The van der Waals surface area contributed by atoms with Gasteiger partial charge in [-0.1, -0.05) is 273 Å². The van der Waals surface area contributed by atoms with Crippen LogP contribution >= 0.6 is 0 Å². The Hall–Kier alpha value is -15.8. The first-order chi connectivity index (χ1) is 57.4. The van der Waals surface area contributed by atoms with E-state index in [2.05, 4.69) is 313 Å². The van der Waals surface area contributed by atoms with Crippen molar-refractivity contribution in [2.24, 2.45) is 0 Å². The van der Waals surface area contributed by atoms with Crippen LogP contribution in [0.3, 0.4) is 0 Å². The van der Waals surface area contributed by atoms with Gasteiger partial charge in [-0.25, -0.2) is 39.9 Å². The molecule has 13 aromatic carbocycles. The van der Waals surface area contributed by atoms with Crippen LogP contribution < -0.4 is 0 Å². The van der Waals surface area contributed by atoms with E-state index in [0.29, 0.717) is 0 Å². The number of hydrogen-bond acceptors (Lipinski definition) is 10. The Morgan fingerprint density at radius 1 is 0.155 bits per heavy atom. The second-order valence-electron chi connectivity index (χ2n) is 29.5. The van der Waals surface area contributed by atoms with E-state index in [1.54, 1.807) is 0 Å². The average molecular weight is 1480 g/mol. The fourth-order valence-corrected chi connectivity index (χ4v) is 16.2. The van der Waals surface area contributed by atoms with E-state index in [0.717, 1.165) is 227 Å². The van der Waals surface area contributed by atoms with E-state index in [1.165, 1.54) is 5.39 Å². The van der Waals surface area contributed by atoms with Crippen LogP contribution in [0.1, 0.15) is 0 Å². The van der Waals surface area contributed by atoms with E-state index >= 15 is 0 Å². The molecule has 116 heavy (non-hydrogen) atoms. The smallest absolute Gasteiger partial charge is 0.0972 e. The van der Waals surface area contributed by atoms with Crippen molar-refractivity contribution in [1.82, 2.24) is 49.8 Å². The molecule has 0 atom stereocenters. The third-order valence-electron chi connectivity index (χ3n) is 22.4. The number of aromatic nitrogens is 10. The molecule has 0 aliphatic heterocycles. The number of nitrogens with zero attached hydrogens (tertiary/aromatic N) is 10. The number of rotatable bonds is 10. The van der Waals surface area contributed by atoms with Crippen LogP contribution in [0.4, 0.5) is 0 Å². The SMILES string of the molecule is c1ccc(-c2ccc3ccc4ccc(-c5ccc(-c6ccc7ccc(-c8ccc9ccc(-c%10cncc%11ccccc%10%11)nc9c8)nc7c6)cc5)nc4c3n2)cc1.c1ccc(-c2ccc3ccc4ccc(-c5ccc6cc(-c7ccc8ccc(-c9ccc%10ccc(-c%11ccnc%12ccccc%11%12)nc%10c9)nc8c7)ccc6c5)nc4c3n2)cc1. The van der Waals surface area contributed by atoms with Crippen LogP contribution in [0.15, 0.2) is 389 Å². The quantitative estimate of drug-likeness (QED) is 0.122. The minimum Gasteiger partial charge on any atom is -0.263 e. The molecule has 0 amide bonds. The lowest BCUT2D eigenvalue weighted by Crippen LogP contribution is -1.91. The Balaban J connectivity index is 0.000000141. The first-order valence-corrected chi connectivity index (χ1v) is 38.9. The molecule has 10 aromatic heterocycles. The Bertz CT molecular complexity index is 7900. The van der Waals surface area contributed by atoms with Gasteiger partial charge in [-0.3, -0.25) is 9.97 Å². The summed E-state index contributed by atoms with van der Waals surface area (Å²) in [6.07, 6.45) is 5.65. The van der Waals surface area contributed by atoms with Crippen molar-refractivity contribution in [1.29, 1.82) is 0 Å². The predicted octanol–water partition coefficient (Wildman–Crippen LogP) is 26.7. The zero-order valence-corrected chi connectivity index (χ0v) is 62.4. The lowest BCUT2D eigenvalue weighted by molar-refractivity contribution is 1.33. The van der Waals surface area contributed by atoms with Crippen molar-refractivity contribution >= 4 is 120 Å². The van der Waals surface area contributed by atoms with Crippen LogP contribution in [0, 0.1) is 0 Å². The normalized spacial score (nSPS) is 11.6. The molecule has 23 aromatic rings. The third-order valence-corrected chi connectivity index (χ3v) is 22.4. The second kappa shape index (κ2) is 28.2. The topological polar surface area (TPSA) is 129 Å². The van der Waals surface area contributed by atoms with Crippen LogP contribution in [0.2, 0.25) is 0 Å². The molecule has 0 unspecified atom stereocenters. The molecule has 0 saturated heterocycles. The van der Waals surface area contributed by atoms with Crippen LogP contribution in [0.25, 0.3) is 232 Å². The summed E-state index contributed by atoms with van der Waals surface area (Å²) >= 11 is 0. The Morgan fingerprint density at radius 2 is 0.466 bits per heavy atom. The molecule has 0 aliphatic carbocycles. The molecule has 0 saturated carbocycles. The zero-order chi connectivity index (χ0) is 76.6. The van der Waals surface area contributed by atoms with Gasteiger partial charge in [0, 0.05) is 117 Å². The summed E-state index contributed by atoms with van der Waals surface area (Å²) in [5.41, 5.74) is 28.7. The Labute approximate surface area is 666 Å². The number of para-hydroxylation sites is 1. The van der Waals surface area contributed by atoms with Gasteiger partial charge in [0.15, 0.2) is 0 Å². The summed E-state index contributed by atoms with van der Waals surface area (Å²) < 4.78 is 0. The summed E-state index contributed by atoms with van der Waals surface area (Å²) in [5, 5.41) is 14.3. The van der Waals surface area contributed by atoms with E-state index in [9.17, 15) is 0 Å². The summed E-state index contributed by atoms with van der Waals surface area (Å²) in [4.78, 5) is 50.1. The van der Waals surface area contributed by atoms with Crippen molar-refractivity contribution in [3.63, 3.8) is 0 Å². The van der Waals surface area contributed by atoms with Gasteiger partial charge in [0.05, 0.1) is 95.2 Å². The van der Waals surface area contributed by atoms with Crippen molar-refractivity contribution in [3.05, 3.63) is 389 Å². The molecule has 10 heteroatoms. The van der Waals surface area contributed by atoms with Gasteiger partial charge in [0.2, 0.25) is 0 Å². The Kier molecular flexibility index (Phi) is 16.3. The fraction of sp³-hybridized carbons (Fsp3) is 0. The molecule has 0 N–H and O–H groups in total. The highest BCUT2D eigenvalue weighted by Gasteiger charge is 2.17. The molecule has 10 nitrogen and oxygen atoms in total. The standard InChI is InChI=1S/C55H33N5.C51H31N5/c1-2-6-34(7-3-1)47-25-22-37-12-13-38-23-26-49(60-55(38)54(37)59-47)43-19-17-39-30-40(15-16-41(39)31-43)42-14-10-35-20-24-48(57-52(35)32-42)44-18-11-36-21-27-51(58-53(36)33-44)46-28-29-56-50-9-5-4-8-45(46)50;1-2-6-33(7-3-1)44-25-22-37-16-17-38-23-26-45(56-51(38)50(37)55-44)34-12-10-32(11-13-34)39-18-14-35-20-24-46(53-48(35)28-39)40-19-15-36-21-27-47(54-49(36)29-40)43-31-52-30-41-8-4-5-9-42(41)43/h1-33H;1-31H. The molecule has 10 heterocycles. The monoisotopic (exact) mass is 1480 g/mol. The maximum absolute atomic E-state index is 5.20. The highest BCUT2D eigenvalue weighted by atomic mass is 14.8. The van der Waals surface area contributed by atoms with Gasteiger partial charge in [-0.2, -0.15) is 0 Å². The maximum Gasteiger partial charge on any atom is 0.0972 e. The molecule has 538 valence electrons. The van der Waals surface area contributed by atoms with Crippen molar-refractivity contribution < 1.29 is 0 Å². The van der Waals surface area contributed by atoms with Gasteiger partial charge in [-0.15, -0.1) is 0 Å². The second-order valence-corrected chi connectivity index (χ2v) is 29.5. The van der Waals surface area contributed by atoms with Gasteiger partial charge in [0.25, 0.3) is 0 Å². The van der Waals surface area contributed by atoms with E-state index in [1.807, 2.05) is 85.3 Å². The van der Waals surface area contributed by atoms with E-state index < -0.39 is 0 Å². The minimum absolute atomic E-state index is 0.903. The van der Waals surface area contributed by atoms with Crippen LogP contribution in [-0.4, -0.2) is 49.8 Å². The number of pyridine rings is 10. The first-order valence-electron chi connectivity index (χ1n) is 38.9. The maximum atomic E-state index is 5.20. The van der Waals surface area contributed by atoms with Gasteiger partial charge in [-0.05, 0) is 135 Å². The van der Waals surface area contributed by atoms with E-state index in [4.69, 9.17) is 39.9 Å². The largest absolute Gasteiger partial charge is 0.263 e. The van der Waals surface area contributed by atoms with Crippen LogP contribution in [-0.2, 0) is 0 Å². The molecular weight excluding hydrogens is 1410 g/mol. The molecule has 0 fully saturated rings. The lowest BCUT2D eigenvalue weighted by atomic mass is 9.98. The number of hydrogen-bond donors (Lipinski definition) is 0. The average Bonchev–Trinajstić information content (AvgIpc) is 0.766. The molecule has 0 spiro atoms. The molecule has 0 aliphatic rings. The highest BCUT2D eigenvalue weighted by Crippen LogP contribution is 2.39.